The molecule has 0 amide bonds. The van der Waals surface area contributed by atoms with Crippen molar-refractivity contribution in [3.63, 3.8) is 0 Å². The zero-order chi connectivity index (χ0) is 17.2. The van der Waals surface area contributed by atoms with Gasteiger partial charge in [-0.15, -0.1) is 0 Å². The molecule has 2 aromatic heterocycles. The van der Waals surface area contributed by atoms with Crippen LogP contribution in [0.4, 0.5) is 5.82 Å². The lowest BCUT2D eigenvalue weighted by Gasteiger charge is -2.28. The van der Waals surface area contributed by atoms with Crippen molar-refractivity contribution < 1.29 is 9.47 Å². The maximum absolute atomic E-state index is 6.23. The Morgan fingerprint density at radius 3 is 2.80 bits per heavy atom. The third-order valence-electron chi connectivity index (χ3n) is 5.08. The highest BCUT2D eigenvalue weighted by molar-refractivity contribution is 6.28. The van der Waals surface area contributed by atoms with Gasteiger partial charge >= 0.3 is 0 Å². The van der Waals surface area contributed by atoms with Crippen LogP contribution >= 0.6 is 11.6 Å². The molecule has 0 aliphatic carbocycles. The molecule has 0 spiro atoms. The van der Waals surface area contributed by atoms with Gasteiger partial charge in [-0.1, -0.05) is 0 Å². The number of hydrogen-bond donors (Lipinski definition) is 0. The van der Waals surface area contributed by atoms with Crippen LogP contribution in [0, 0.1) is 5.92 Å². The average molecular weight is 366 g/mol. The van der Waals surface area contributed by atoms with E-state index in [0.29, 0.717) is 5.92 Å². The third kappa shape index (κ3) is 3.59. The van der Waals surface area contributed by atoms with Crippen molar-refractivity contribution >= 4 is 28.6 Å². The Morgan fingerprint density at radius 1 is 1.20 bits per heavy atom. The van der Waals surface area contributed by atoms with E-state index in [-0.39, 0.29) is 11.5 Å². The number of ether oxygens (including phenoxy) is 2. The molecule has 25 heavy (non-hydrogen) atoms. The molecular formula is C17H24ClN5O2. The van der Waals surface area contributed by atoms with Crippen molar-refractivity contribution in [2.75, 3.05) is 38.3 Å². The molecule has 1 unspecified atom stereocenters. The third-order valence-corrected chi connectivity index (χ3v) is 5.25. The van der Waals surface area contributed by atoms with Crippen LogP contribution in [-0.2, 0) is 9.47 Å². The van der Waals surface area contributed by atoms with Crippen LogP contribution in [0.3, 0.4) is 0 Å². The number of anilines is 1. The van der Waals surface area contributed by atoms with Crippen molar-refractivity contribution in [2.45, 2.75) is 38.3 Å². The molecule has 4 rings (SSSR count). The predicted octanol–water partition coefficient (Wildman–Crippen LogP) is 3.04. The van der Waals surface area contributed by atoms with E-state index in [2.05, 4.69) is 19.9 Å². The summed E-state index contributed by atoms with van der Waals surface area (Å²) >= 11 is 6.23. The van der Waals surface area contributed by atoms with Crippen LogP contribution in [0.5, 0.6) is 0 Å². The Bertz CT molecular complexity index is 725. The first kappa shape index (κ1) is 17.0. The molecule has 2 aromatic rings. The summed E-state index contributed by atoms with van der Waals surface area (Å²) < 4.78 is 13.3. The van der Waals surface area contributed by atoms with Gasteiger partial charge in [0.25, 0.3) is 0 Å². The van der Waals surface area contributed by atoms with E-state index in [1.54, 1.807) is 6.33 Å². The summed E-state index contributed by atoms with van der Waals surface area (Å²) in [4.78, 5) is 15.6. The van der Waals surface area contributed by atoms with Gasteiger partial charge in [-0.25, -0.2) is 4.98 Å². The second kappa shape index (κ2) is 7.43. The Morgan fingerprint density at radius 2 is 2.04 bits per heavy atom. The summed E-state index contributed by atoms with van der Waals surface area (Å²) in [5.41, 5.74) is 1.54. The van der Waals surface area contributed by atoms with E-state index in [9.17, 15) is 0 Å². The van der Waals surface area contributed by atoms with Crippen molar-refractivity contribution in [3.05, 3.63) is 11.6 Å². The minimum Gasteiger partial charge on any atom is -0.381 e. The first-order chi connectivity index (χ1) is 12.2. The van der Waals surface area contributed by atoms with E-state index in [1.807, 2.05) is 11.6 Å². The topological polar surface area (TPSA) is 65.3 Å². The molecule has 7 nitrogen and oxygen atoms in total. The van der Waals surface area contributed by atoms with E-state index in [1.165, 1.54) is 0 Å². The molecular weight excluding hydrogens is 342 g/mol. The van der Waals surface area contributed by atoms with Crippen LogP contribution in [0.1, 0.15) is 38.3 Å². The number of imidazole rings is 1. The molecule has 2 aliphatic rings. The summed E-state index contributed by atoms with van der Waals surface area (Å²) in [5, 5.41) is 0.249. The number of rotatable bonds is 4. The Balaban J connectivity index is 1.63. The van der Waals surface area contributed by atoms with E-state index in [4.69, 9.17) is 21.1 Å². The molecule has 4 heterocycles. The summed E-state index contributed by atoms with van der Waals surface area (Å²) in [5.74, 6) is 1.39. The first-order valence-corrected chi connectivity index (χ1v) is 9.40. The molecule has 2 fully saturated rings. The molecule has 1 atom stereocenters. The lowest BCUT2D eigenvalue weighted by atomic mass is 10.00. The highest BCUT2D eigenvalue weighted by Gasteiger charge is 2.23. The number of fused-ring (bicyclic) bond motifs is 1. The standard InChI is InChI=1S/C17H24ClN5O2/c1-22(10-12-5-8-24-9-6-12)15-14-16(21-17(18)20-15)23(11-19-14)13-4-2-3-7-25-13/h11-13H,2-10H2,1H3. The van der Waals surface area contributed by atoms with Crippen molar-refractivity contribution in [2.24, 2.45) is 5.92 Å². The van der Waals surface area contributed by atoms with Crippen molar-refractivity contribution in [3.8, 4) is 0 Å². The summed E-state index contributed by atoms with van der Waals surface area (Å²) in [6, 6.07) is 0. The number of hydrogen-bond acceptors (Lipinski definition) is 6. The fourth-order valence-electron chi connectivity index (χ4n) is 3.70. The van der Waals surface area contributed by atoms with Gasteiger partial charge in [-0.05, 0) is 49.6 Å². The summed E-state index contributed by atoms with van der Waals surface area (Å²) in [7, 11) is 2.05. The van der Waals surface area contributed by atoms with Crippen molar-refractivity contribution in [1.29, 1.82) is 0 Å². The second-order valence-electron chi connectivity index (χ2n) is 6.90. The highest BCUT2D eigenvalue weighted by atomic mass is 35.5. The lowest BCUT2D eigenvalue weighted by Crippen LogP contribution is -2.30. The molecule has 2 saturated heterocycles. The van der Waals surface area contributed by atoms with E-state index in [0.717, 1.165) is 75.5 Å². The number of halogens is 1. The van der Waals surface area contributed by atoms with Crippen LogP contribution in [0.15, 0.2) is 6.33 Å². The first-order valence-electron chi connectivity index (χ1n) is 9.03. The number of aromatic nitrogens is 4. The van der Waals surface area contributed by atoms with Crippen molar-refractivity contribution in [1.82, 2.24) is 19.5 Å². The molecule has 136 valence electrons. The SMILES string of the molecule is CN(CC1CCOCC1)c1nc(Cl)nc2c1ncn2C1CCCCO1. The number of nitrogens with zero attached hydrogens (tertiary/aromatic N) is 5. The van der Waals surface area contributed by atoms with Crippen LogP contribution in [-0.4, -0.2) is 52.9 Å². The van der Waals surface area contributed by atoms with Gasteiger partial charge < -0.3 is 14.4 Å². The van der Waals surface area contributed by atoms with Gasteiger partial charge in [-0.2, -0.15) is 9.97 Å². The monoisotopic (exact) mass is 365 g/mol. The van der Waals surface area contributed by atoms with Gasteiger partial charge in [0.15, 0.2) is 17.0 Å². The molecule has 0 radical (unpaired) electrons. The quantitative estimate of drug-likeness (QED) is 0.776. The lowest BCUT2D eigenvalue weighted by molar-refractivity contribution is -0.0298. The van der Waals surface area contributed by atoms with Crippen LogP contribution in [0.25, 0.3) is 11.2 Å². The van der Waals surface area contributed by atoms with Gasteiger partial charge in [0, 0.05) is 33.4 Å². The highest BCUT2D eigenvalue weighted by Crippen LogP contribution is 2.30. The summed E-state index contributed by atoms with van der Waals surface area (Å²) in [6.07, 6.45) is 7.18. The summed E-state index contributed by atoms with van der Waals surface area (Å²) in [6.45, 7) is 3.37. The van der Waals surface area contributed by atoms with Gasteiger partial charge in [0.1, 0.15) is 6.23 Å². The van der Waals surface area contributed by atoms with Crippen LogP contribution in [0.2, 0.25) is 5.28 Å². The minimum atomic E-state index is -0.0154. The maximum Gasteiger partial charge on any atom is 0.226 e. The van der Waals surface area contributed by atoms with Gasteiger partial charge in [-0.3, -0.25) is 4.57 Å². The van der Waals surface area contributed by atoms with Gasteiger partial charge in [0.05, 0.1) is 6.33 Å². The molecule has 0 bridgehead atoms. The smallest absolute Gasteiger partial charge is 0.226 e. The predicted molar refractivity (Wildman–Crippen MR) is 96.0 cm³/mol. The van der Waals surface area contributed by atoms with E-state index < -0.39 is 0 Å². The Kier molecular flexibility index (Phi) is 5.05. The molecule has 0 N–H and O–H groups in total. The maximum atomic E-state index is 6.23. The average Bonchev–Trinajstić information content (AvgIpc) is 3.06. The normalized spacial score (nSPS) is 22.4. The Hall–Kier alpha value is -1.44. The molecule has 0 saturated carbocycles. The fourth-order valence-corrected chi connectivity index (χ4v) is 3.86. The minimum absolute atomic E-state index is 0.0154. The van der Waals surface area contributed by atoms with Gasteiger partial charge in [0.2, 0.25) is 5.28 Å². The second-order valence-corrected chi connectivity index (χ2v) is 7.24. The molecule has 2 aliphatic heterocycles. The molecule has 8 heteroatoms. The largest absolute Gasteiger partial charge is 0.381 e. The zero-order valence-corrected chi connectivity index (χ0v) is 15.3. The molecule has 0 aromatic carbocycles. The van der Waals surface area contributed by atoms with Crippen LogP contribution < -0.4 is 4.90 Å². The fraction of sp³-hybridized carbons (Fsp3) is 0.706. The zero-order valence-electron chi connectivity index (χ0n) is 14.5. The Labute approximate surface area is 152 Å². The van der Waals surface area contributed by atoms with E-state index >= 15 is 0 Å².